The third-order valence-electron chi connectivity index (χ3n) is 4.28. The summed E-state index contributed by atoms with van der Waals surface area (Å²) in [7, 11) is 0. The van der Waals surface area contributed by atoms with Gasteiger partial charge in [-0.3, -0.25) is 4.98 Å². The molecule has 4 rings (SSSR count). The molecule has 3 heterocycles. The van der Waals surface area contributed by atoms with Gasteiger partial charge >= 0.3 is 0 Å². The molecular formula is C20H20N4O. The third-order valence-corrected chi connectivity index (χ3v) is 4.28. The highest BCUT2D eigenvalue weighted by molar-refractivity contribution is 5.57. The number of aromatic nitrogens is 3. The van der Waals surface area contributed by atoms with E-state index in [4.69, 9.17) is 9.72 Å². The van der Waals surface area contributed by atoms with Gasteiger partial charge in [0.05, 0.1) is 6.54 Å². The van der Waals surface area contributed by atoms with Crippen LogP contribution in [0, 0.1) is 6.92 Å². The molecular weight excluding hydrogens is 312 g/mol. The number of aryl methyl sites for hydroxylation is 1. The van der Waals surface area contributed by atoms with E-state index < -0.39 is 0 Å². The lowest BCUT2D eigenvalue weighted by Crippen LogP contribution is -2.25. The molecule has 25 heavy (non-hydrogen) atoms. The molecule has 0 spiro atoms. The number of hydrogen-bond donors (Lipinski definition) is 0. The van der Waals surface area contributed by atoms with Gasteiger partial charge in [0, 0.05) is 42.7 Å². The Kier molecular flexibility index (Phi) is 4.29. The van der Waals surface area contributed by atoms with E-state index in [9.17, 15) is 0 Å². The van der Waals surface area contributed by atoms with Crippen molar-refractivity contribution in [2.24, 2.45) is 0 Å². The molecule has 0 amide bonds. The lowest BCUT2D eigenvalue weighted by Gasteiger charge is -2.19. The molecule has 5 nitrogen and oxygen atoms in total. The van der Waals surface area contributed by atoms with Crippen LogP contribution in [-0.4, -0.2) is 34.1 Å². The van der Waals surface area contributed by atoms with Crippen molar-refractivity contribution in [1.29, 1.82) is 0 Å². The molecule has 0 bridgehead atoms. The molecule has 1 atom stereocenters. The van der Waals surface area contributed by atoms with Crippen LogP contribution < -0.4 is 9.64 Å². The smallest absolute Gasteiger partial charge is 0.163 e. The fraction of sp³-hybridized carbons (Fsp3) is 0.250. The van der Waals surface area contributed by atoms with E-state index >= 15 is 0 Å². The van der Waals surface area contributed by atoms with Gasteiger partial charge < -0.3 is 9.64 Å². The molecule has 1 aliphatic rings. The van der Waals surface area contributed by atoms with E-state index in [1.807, 2.05) is 55.5 Å². The summed E-state index contributed by atoms with van der Waals surface area (Å²) in [5.41, 5.74) is 1.89. The molecule has 0 aliphatic carbocycles. The Morgan fingerprint density at radius 2 is 1.96 bits per heavy atom. The fourth-order valence-corrected chi connectivity index (χ4v) is 3.06. The average molecular weight is 332 g/mol. The number of ether oxygens (including phenoxy) is 1. The van der Waals surface area contributed by atoms with Gasteiger partial charge in [0.1, 0.15) is 17.7 Å². The van der Waals surface area contributed by atoms with E-state index in [1.165, 1.54) is 0 Å². The zero-order valence-electron chi connectivity index (χ0n) is 14.2. The summed E-state index contributed by atoms with van der Waals surface area (Å²) in [6, 6.07) is 15.9. The second-order valence-corrected chi connectivity index (χ2v) is 6.22. The first-order chi connectivity index (χ1) is 12.3. The lowest BCUT2D eigenvalue weighted by atomic mass is 10.2. The number of benzene rings is 1. The van der Waals surface area contributed by atoms with Crippen LogP contribution in [0.2, 0.25) is 0 Å². The highest BCUT2D eigenvalue weighted by Crippen LogP contribution is 2.24. The molecule has 5 heteroatoms. The zero-order chi connectivity index (χ0) is 17.1. The summed E-state index contributed by atoms with van der Waals surface area (Å²) in [6.07, 6.45) is 4.72. The Balaban J connectivity index is 1.52. The van der Waals surface area contributed by atoms with E-state index in [0.29, 0.717) is 0 Å². The Hall–Kier alpha value is -2.95. The predicted molar refractivity (Wildman–Crippen MR) is 97.7 cm³/mol. The first-order valence-electron chi connectivity index (χ1n) is 8.51. The van der Waals surface area contributed by atoms with E-state index in [2.05, 4.69) is 14.9 Å². The SMILES string of the molecule is Cc1cc(N2CC[C@@H](Oc3ccccc3)C2)nc(-c2cccnc2)n1. The van der Waals surface area contributed by atoms with Gasteiger partial charge in [-0.05, 0) is 31.2 Å². The predicted octanol–water partition coefficient (Wildman–Crippen LogP) is 3.50. The molecule has 1 fully saturated rings. The van der Waals surface area contributed by atoms with Crippen molar-refractivity contribution in [2.75, 3.05) is 18.0 Å². The molecule has 3 aromatic rings. The van der Waals surface area contributed by atoms with Crippen LogP contribution >= 0.6 is 0 Å². The summed E-state index contributed by atoms with van der Waals surface area (Å²) in [5.74, 6) is 2.59. The van der Waals surface area contributed by atoms with Gasteiger partial charge in [-0.1, -0.05) is 18.2 Å². The van der Waals surface area contributed by atoms with Crippen molar-refractivity contribution < 1.29 is 4.74 Å². The second-order valence-electron chi connectivity index (χ2n) is 6.22. The van der Waals surface area contributed by atoms with Crippen molar-refractivity contribution in [3.05, 3.63) is 66.6 Å². The highest BCUT2D eigenvalue weighted by atomic mass is 16.5. The molecule has 1 saturated heterocycles. The molecule has 0 radical (unpaired) electrons. The number of rotatable bonds is 4. The number of anilines is 1. The first kappa shape index (κ1) is 15.6. The Labute approximate surface area is 147 Å². The largest absolute Gasteiger partial charge is 0.489 e. The van der Waals surface area contributed by atoms with E-state index in [-0.39, 0.29) is 6.10 Å². The van der Waals surface area contributed by atoms with Crippen LogP contribution in [-0.2, 0) is 0 Å². The molecule has 1 aromatic carbocycles. The van der Waals surface area contributed by atoms with Crippen LogP contribution in [0.3, 0.4) is 0 Å². The number of hydrogen-bond acceptors (Lipinski definition) is 5. The minimum atomic E-state index is 0.180. The number of para-hydroxylation sites is 1. The van der Waals surface area contributed by atoms with Crippen LogP contribution in [0.4, 0.5) is 5.82 Å². The second kappa shape index (κ2) is 6.89. The van der Waals surface area contributed by atoms with Crippen molar-refractivity contribution in [2.45, 2.75) is 19.4 Å². The van der Waals surface area contributed by atoms with E-state index in [1.54, 1.807) is 12.4 Å². The minimum Gasteiger partial charge on any atom is -0.489 e. The maximum atomic E-state index is 6.08. The zero-order valence-corrected chi connectivity index (χ0v) is 14.2. The molecule has 0 unspecified atom stereocenters. The monoisotopic (exact) mass is 332 g/mol. The van der Waals surface area contributed by atoms with Crippen LogP contribution in [0.25, 0.3) is 11.4 Å². The molecule has 2 aromatic heterocycles. The third kappa shape index (κ3) is 3.60. The van der Waals surface area contributed by atoms with E-state index in [0.717, 1.165) is 48.2 Å². The average Bonchev–Trinajstić information content (AvgIpc) is 3.11. The van der Waals surface area contributed by atoms with Gasteiger partial charge in [0.15, 0.2) is 5.82 Å². The maximum absolute atomic E-state index is 6.08. The highest BCUT2D eigenvalue weighted by Gasteiger charge is 2.25. The standard InChI is InChI=1S/C20H20N4O/c1-15-12-19(23-20(22-15)16-6-5-10-21-13-16)24-11-9-18(14-24)25-17-7-3-2-4-8-17/h2-8,10,12-13,18H,9,11,14H2,1H3/t18-/m1/s1. The lowest BCUT2D eigenvalue weighted by molar-refractivity contribution is 0.225. The summed E-state index contributed by atoms with van der Waals surface area (Å²) in [4.78, 5) is 15.7. The molecule has 126 valence electrons. The summed E-state index contributed by atoms with van der Waals surface area (Å²) >= 11 is 0. The summed E-state index contributed by atoms with van der Waals surface area (Å²) in [5, 5.41) is 0. The minimum absolute atomic E-state index is 0.180. The number of pyridine rings is 1. The van der Waals surface area contributed by atoms with Crippen molar-refractivity contribution in [3.8, 4) is 17.1 Å². The molecule has 0 saturated carbocycles. The van der Waals surface area contributed by atoms with Gasteiger partial charge in [0.2, 0.25) is 0 Å². The van der Waals surface area contributed by atoms with Crippen molar-refractivity contribution >= 4 is 5.82 Å². The summed E-state index contributed by atoms with van der Waals surface area (Å²) in [6.45, 7) is 3.76. The fourth-order valence-electron chi connectivity index (χ4n) is 3.06. The quantitative estimate of drug-likeness (QED) is 0.732. The van der Waals surface area contributed by atoms with Crippen LogP contribution in [0.1, 0.15) is 12.1 Å². The number of nitrogens with zero attached hydrogens (tertiary/aromatic N) is 4. The first-order valence-corrected chi connectivity index (χ1v) is 8.51. The van der Waals surface area contributed by atoms with Gasteiger partial charge in [-0.15, -0.1) is 0 Å². The van der Waals surface area contributed by atoms with Gasteiger partial charge in [0.25, 0.3) is 0 Å². The Bertz CT molecular complexity index is 839. The van der Waals surface area contributed by atoms with Crippen molar-refractivity contribution in [1.82, 2.24) is 15.0 Å². The molecule has 0 N–H and O–H groups in total. The van der Waals surface area contributed by atoms with Crippen LogP contribution in [0.5, 0.6) is 5.75 Å². The molecule has 1 aliphatic heterocycles. The Morgan fingerprint density at radius 1 is 1.08 bits per heavy atom. The topological polar surface area (TPSA) is 51.1 Å². The van der Waals surface area contributed by atoms with Gasteiger partial charge in [-0.25, -0.2) is 9.97 Å². The maximum Gasteiger partial charge on any atom is 0.163 e. The van der Waals surface area contributed by atoms with Gasteiger partial charge in [-0.2, -0.15) is 0 Å². The summed E-state index contributed by atoms with van der Waals surface area (Å²) < 4.78 is 6.08. The Morgan fingerprint density at radius 3 is 2.76 bits per heavy atom. The van der Waals surface area contributed by atoms with Crippen LogP contribution in [0.15, 0.2) is 60.9 Å². The normalized spacial score (nSPS) is 16.8. The van der Waals surface area contributed by atoms with Crippen molar-refractivity contribution in [3.63, 3.8) is 0 Å².